The molecule has 3 aliphatic rings. The summed E-state index contributed by atoms with van der Waals surface area (Å²) >= 11 is 5.70. The molecule has 1 aromatic rings. The summed E-state index contributed by atoms with van der Waals surface area (Å²) in [6, 6.07) is 8.40. The van der Waals surface area contributed by atoms with Crippen LogP contribution in [0.4, 0.5) is 0 Å². The van der Waals surface area contributed by atoms with Gasteiger partial charge >= 0.3 is 0 Å². The number of nitrogens with one attached hydrogen (secondary N) is 1. The molecule has 1 N–H and O–H groups in total. The number of nitrogens with zero attached hydrogens (tertiary/aromatic N) is 2. The van der Waals surface area contributed by atoms with Crippen molar-refractivity contribution in [3.05, 3.63) is 24.3 Å². The highest BCUT2D eigenvalue weighted by Crippen LogP contribution is 2.44. The number of thiocarbonyl (C=S) groups is 1. The first-order valence-electron chi connectivity index (χ1n) is 10.3. The maximum absolute atomic E-state index is 5.85. The fourth-order valence-electron chi connectivity index (χ4n) is 4.81. The molecule has 0 aromatic heterocycles. The van der Waals surface area contributed by atoms with Gasteiger partial charge in [-0.15, -0.1) is 0 Å². The van der Waals surface area contributed by atoms with E-state index in [2.05, 4.69) is 15.1 Å². The van der Waals surface area contributed by atoms with E-state index >= 15 is 0 Å². The van der Waals surface area contributed by atoms with E-state index in [0.29, 0.717) is 12.6 Å². The Kier molecular flexibility index (Phi) is 6.03. The molecule has 3 atom stereocenters. The highest BCUT2D eigenvalue weighted by molar-refractivity contribution is 7.80. The lowest BCUT2D eigenvalue weighted by Crippen LogP contribution is -2.54. The Labute approximate surface area is 168 Å². The molecule has 1 saturated heterocycles. The zero-order chi connectivity index (χ0) is 18.6. The summed E-state index contributed by atoms with van der Waals surface area (Å²) < 4.78 is 11.0. The second-order valence-electron chi connectivity index (χ2n) is 8.08. The van der Waals surface area contributed by atoms with Crippen LogP contribution in [0.5, 0.6) is 11.5 Å². The van der Waals surface area contributed by atoms with Gasteiger partial charge < -0.3 is 19.7 Å². The number of hydrogen-bond donors (Lipinski definition) is 1. The second-order valence-corrected chi connectivity index (χ2v) is 8.47. The van der Waals surface area contributed by atoms with Gasteiger partial charge in [0.1, 0.15) is 18.1 Å². The summed E-state index contributed by atoms with van der Waals surface area (Å²) in [7, 11) is 1.68. The van der Waals surface area contributed by atoms with Gasteiger partial charge in [-0.25, -0.2) is 0 Å². The SMILES string of the molecule is COc1ccc(OCCN2CCN(C(=S)N[C@@H]3C[C@@H]4CC[C@@H]3C4)CC2)cc1. The van der Waals surface area contributed by atoms with Crippen LogP contribution in [0.3, 0.4) is 0 Å². The van der Waals surface area contributed by atoms with Crippen molar-refractivity contribution in [2.75, 3.05) is 46.4 Å². The molecule has 6 heteroatoms. The molecule has 1 aromatic carbocycles. The molecule has 148 valence electrons. The van der Waals surface area contributed by atoms with Crippen LogP contribution >= 0.6 is 12.2 Å². The molecule has 3 fully saturated rings. The van der Waals surface area contributed by atoms with Crippen molar-refractivity contribution < 1.29 is 9.47 Å². The fourth-order valence-corrected chi connectivity index (χ4v) is 5.14. The van der Waals surface area contributed by atoms with E-state index in [9.17, 15) is 0 Å². The van der Waals surface area contributed by atoms with Gasteiger partial charge in [-0.3, -0.25) is 4.90 Å². The van der Waals surface area contributed by atoms with Crippen molar-refractivity contribution in [2.24, 2.45) is 11.8 Å². The van der Waals surface area contributed by atoms with Gasteiger partial charge in [0.05, 0.1) is 7.11 Å². The maximum atomic E-state index is 5.85. The van der Waals surface area contributed by atoms with E-state index in [0.717, 1.165) is 61.2 Å². The van der Waals surface area contributed by atoms with E-state index < -0.39 is 0 Å². The highest BCUT2D eigenvalue weighted by Gasteiger charge is 2.40. The summed E-state index contributed by atoms with van der Waals surface area (Å²) in [5.41, 5.74) is 0. The second kappa shape index (κ2) is 8.65. The lowest BCUT2D eigenvalue weighted by Gasteiger charge is -2.37. The molecule has 1 aliphatic heterocycles. The molecular weight excluding hydrogens is 358 g/mol. The van der Waals surface area contributed by atoms with Crippen LogP contribution in [-0.2, 0) is 0 Å². The van der Waals surface area contributed by atoms with Crippen LogP contribution in [0.25, 0.3) is 0 Å². The lowest BCUT2D eigenvalue weighted by atomic mass is 9.95. The molecule has 4 rings (SSSR count). The maximum Gasteiger partial charge on any atom is 0.169 e. The average Bonchev–Trinajstić information content (AvgIpc) is 3.32. The van der Waals surface area contributed by atoms with E-state index in [1.807, 2.05) is 24.3 Å². The Balaban J connectivity index is 1.14. The highest BCUT2D eigenvalue weighted by atomic mass is 32.1. The van der Waals surface area contributed by atoms with E-state index in [-0.39, 0.29) is 0 Å². The summed E-state index contributed by atoms with van der Waals surface area (Å²) in [5.74, 6) is 3.57. The van der Waals surface area contributed by atoms with Crippen molar-refractivity contribution in [2.45, 2.75) is 31.7 Å². The molecule has 1 heterocycles. The van der Waals surface area contributed by atoms with Crippen molar-refractivity contribution in [1.82, 2.24) is 15.1 Å². The number of methoxy groups -OCH3 is 1. The van der Waals surface area contributed by atoms with Crippen molar-refractivity contribution in [1.29, 1.82) is 0 Å². The Morgan fingerprint density at radius 2 is 1.81 bits per heavy atom. The van der Waals surface area contributed by atoms with Gasteiger partial charge in [0.25, 0.3) is 0 Å². The first-order valence-corrected chi connectivity index (χ1v) is 10.7. The van der Waals surface area contributed by atoms with Crippen LogP contribution in [0.2, 0.25) is 0 Å². The predicted octanol–water partition coefficient (Wildman–Crippen LogP) is 2.75. The number of ether oxygens (including phenoxy) is 2. The van der Waals surface area contributed by atoms with E-state index in [4.69, 9.17) is 21.7 Å². The third-order valence-corrected chi connectivity index (χ3v) is 6.82. The Morgan fingerprint density at radius 1 is 1.07 bits per heavy atom. The largest absolute Gasteiger partial charge is 0.497 e. The molecule has 2 saturated carbocycles. The molecule has 0 spiro atoms. The van der Waals surface area contributed by atoms with Crippen molar-refractivity contribution >= 4 is 17.3 Å². The van der Waals surface area contributed by atoms with Gasteiger partial charge in [0, 0.05) is 38.8 Å². The van der Waals surface area contributed by atoms with Gasteiger partial charge in [-0.1, -0.05) is 6.42 Å². The van der Waals surface area contributed by atoms with E-state index in [1.165, 1.54) is 25.7 Å². The standard InChI is InChI=1S/C21H31N3O2S/c1-25-18-4-6-19(7-5-18)26-13-12-23-8-10-24(11-9-23)21(27)22-20-15-16-2-3-17(20)14-16/h4-7,16-17,20H,2-3,8-15H2,1H3,(H,22,27)/t16-,17-,20-/m1/s1. The summed E-state index contributed by atoms with van der Waals surface area (Å²) in [6.45, 7) is 5.77. The Morgan fingerprint density at radius 3 is 2.44 bits per heavy atom. The fraction of sp³-hybridized carbons (Fsp3) is 0.667. The number of piperazine rings is 1. The summed E-state index contributed by atoms with van der Waals surface area (Å²) in [5, 5.41) is 4.65. The van der Waals surface area contributed by atoms with Crippen LogP contribution in [0.1, 0.15) is 25.7 Å². The van der Waals surface area contributed by atoms with Gasteiger partial charge in [0.15, 0.2) is 5.11 Å². The zero-order valence-corrected chi connectivity index (χ0v) is 17.0. The first kappa shape index (κ1) is 18.8. The molecule has 2 bridgehead atoms. The lowest BCUT2D eigenvalue weighted by molar-refractivity contribution is 0.152. The normalized spacial score (nSPS) is 27.6. The minimum absolute atomic E-state index is 0.632. The van der Waals surface area contributed by atoms with Gasteiger partial charge in [-0.05, 0) is 67.6 Å². The summed E-state index contributed by atoms with van der Waals surface area (Å²) in [4.78, 5) is 4.81. The quantitative estimate of drug-likeness (QED) is 0.754. The zero-order valence-electron chi connectivity index (χ0n) is 16.2. The topological polar surface area (TPSA) is 37.0 Å². The average molecular weight is 390 g/mol. The number of rotatable bonds is 6. The van der Waals surface area contributed by atoms with Crippen LogP contribution < -0.4 is 14.8 Å². The third-order valence-electron chi connectivity index (χ3n) is 6.44. The molecule has 2 aliphatic carbocycles. The first-order chi connectivity index (χ1) is 13.2. The Bertz CT molecular complexity index is 631. The summed E-state index contributed by atoms with van der Waals surface area (Å²) in [6.07, 6.45) is 5.58. The minimum Gasteiger partial charge on any atom is -0.497 e. The molecule has 0 amide bonds. The van der Waals surface area contributed by atoms with E-state index in [1.54, 1.807) is 7.11 Å². The number of fused-ring (bicyclic) bond motifs is 2. The molecule has 0 unspecified atom stereocenters. The third kappa shape index (κ3) is 4.66. The molecule has 27 heavy (non-hydrogen) atoms. The number of benzene rings is 1. The van der Waals surface area contributed by atoms with Crippen molar-refractivity contribution in [3.63, 3.8) is 0 Å². The Hall–Kier alpha value is -1.53. The van der Waals surface area contributed by atoms with Crippen LogP contribution in [0, 0.1) is 11.8 Å². The smallest absolute Gasteiger partial charge is 0.169 e. The molecule has 5 nitrogen and oxygen atoms in total. The van der Waals surface area contributed by atoms with Crippen LogP contribution in [-0.4, -0.2) is 67.4 Å². The van der Waals surface area contributed by atoms with Crippen LogP contribution in [0.15, 0.2) is 24.3 Å². The van der Waals surface area contributed by atoms with Crippen molar-refractivity contribution in [3.8, 4) is 11.5 Å². The number of hydrogen-bond acceptors (Lipinski definition) is 4. The molecule has 0 radical (unpaired) electrons. The monoisotopic (exact) mass is 389 g/mol. The minimum atomic E-state index is 0.632. The van der Waals surface area contributed by atoms with Gasteiger partial charge in [-0.2, -0.15) is 0 Å². The van der Waals surface area contributed by atoms with Gasteiger partial charge in [0.2, 0.25) is 0 Å². The molecular formula is C21H31N3O2S. The predicted molar refractivity (Wildman–Crippen MR) is 111 cm³/mol.